The van der Waals surface area contributed by atoms with Crippen LogP contribution in [-0.2, 0) is 13.6 Å². The van der Waals surface area contributed by atoms with Crippen LogP contribution in [0.15, 0.2) is 18.3 Å². The van der Waals surface area contributed by atoms with Crippen LogP contribution in [0.25, 0.3) is 10.9 Å². The van der Waals surface area contributed by atoms with E-state index >= 15 is 0 Å². The Morgan fingerprint density at radius 3 is 2.38 bits per heavy atom. The molecule has 0 aliphatic rings. The molecule has 16 heavy (non-hydrogen) atoms. The molecule has 0 bridgehead atoms. The number of hydrogen-bond donors (Lipinski definition) is 1. The summed E-state index contributed by atoms with van der Waals surface area (Å²) < 4.78 is 12.7. The van der Waals surface area contributed by atoms with E-state index in [9.17, 15) is 0 Å². The minimum Gasteiger partial charge on any atom is -0.496 e. The molecule has 0 spiro atoms. The number of methoxy groups -OCH3 is 2. The predicted molar refractivity (Wildman–Crippen MR) is 63.9 cm³/mol. The highest BCUT2D eigenvalue weighted by atomic mass is 16.5. The Kier molecular flexibility index (Phi) is 2.75. The van der Waals surface area contributed by atoms with E-state index in [1.807, 2.05) is 29.9 Å². The summed E-state index contributed by atoms with van der Waals surface area (Å²) >= 11 is 0. The lowest BCUT2D eigenvalue weighted by Crippen LogP contribution is -1.96. The minimum absolute atomic E-state index is 0.487. The fourth-order valence-electron chi connectivity index (χ4n) is 2.07. The molecule has 1 aromatic heterocycles. The topological polar surface area (TPSA) is 49.4 Å². The van der Waals surface area contributed by atoms with Gasteiger partial charge in [-0.2, -0.15) is 0 Å². The van der Waals surface area contributed by atoms with Crippen molar-refractivity contribution in [3.8, 4) is 11.5 Å². The van der Waals surface area contributed by atoms with E-state index in [2.05, 4.69) is 0 Å². The summed E-state index contributed by atoms with van der Waals surface area (Å²) in [5.74, 6) is 1.66. The molecule has 0 atom stereocenters. The zero-order valence-electron chi connectivity index (χ0n) is 9.78. The van der Waals surface area contributed by atoms with Gasteiger partial charge < -0.3 is 19.8 Å². The van der Waals surface area contributed by atoms with Crippen LogP contribution < -0.4 is 15.2 Å². The fraction of sp³-hybridized carbons (Fsp3) is 0.333. The maximum Gasteiger partial charge on any atom is 0.143 e. The Morgan fingerprint density at radius 1 is 1.19 bits per heavy atom. The van der Waals surface area contributed by atoms with E-state index in [-0.39, 0.29) is 0 Å². The predicted octanol–water partition coefficient (Wildman–Crippen LogP) is 1.65. The van der Waals surface area contributed by atoms with E-state index in [1.54, 1.807) is 14.2 Å². The lowest BCUT2D eigenvalue weighted by molar-refractivity contribution is 0.409. The van der Waals surface area contributed by atoms with Crippen LogP contribution in [0.4, 0.5) is 0 Å². The van der Waals surface area contributed by atoms with Gasteiger partial charge in [0.15, 0.2) is 0 Å². The van der Waals surface area contributed by atoms with Crippen molar-refractivity contribution in [2.45, 2.75) is 6.54 Å². The van der Waals surface area contributed by atoms with Crippen LogP contribution in [-0.4, -0.2) is 18.8 Å². The van der Waals surface area contributed by atoms with Crippen LogP contribution in [0.1, 0.15) is 5.56 Å². The summed E-state index contributed by atoms with van der Waals surface area (Å²) in [4.78, 5) is 0. The third-order valence-corrected chi connectivity index (χ3v) is 2.79. The minimum atomic E-state index is 0.487. The summed E-state index contributed by atoms with van der Waals surface area (Å²) in [7, 11) is 5.30. The summed E-state index contributed by atoms with van der Waals surface area (Å²) in [5, 5.41) is 1.03. The van der Waals surface area contributed by atoms with Gasteiger partial charge in [0.25, 0.3) is 0 Å². The quantitative estimate of drug-likeness (QED) is 0.855. The number of aryl methyl sites for hydroxylation is 1. The van der Waals surface area contributed by atoms with Crippen LogP contribution in [0.2, 0.25) is 0 Å². The highest BCUT2D eigenvalue weighted by Crippen LogP contribution is 2.36. The van der Waals surface area contributed by atoms with Crippen molar-refractivity contribution in [1.29, 1.82) is 0 Å². The largest absolute Gasteiger partial charge is 0.496 e. The molecule has 0 saturated carbocycles. The van der Waals surface area contributed by atoms with E-state index in [1.165, 1.54) is 0 Å². The molecule has 4 nitrogen and oxygen atoms in total. The van der Waals surface area contributed by atoms with Gasteiger partial charge in [-0.25, -0.2) is 0 Å². The van der Waals surface area contributed by atoms with Gasteiger partial charge in [-0.3, -0.25) is 0 Å². The van der Waals surface area contributed by atoms with Crippen molar-refractivity contribution in [3.05, 3.63) is 23.9 Å². The lowest BCUT2D eigenvalue weighted by Gasteiger charge is -2.08. The number of rotatable bonds is 3. The molecule has 0 aliphatic heterocycles. The van der Waals surface area contributed by atoms with Crippen molar-refractivity contribution in [2.75, 3.05) is 14.2 Å². The summed E-state index contributed by atoms with van der Waals surface area (Å²) in [6.45, 7) is 0.487. The van der Waals surface area contributed by atoms with Gasteiger partial charge in [-0.15, -0.1) is 0 Å². The number of aromatic nitrogens is 1. The van der Waals surface area contributed by atoms with Crippen LogP contribution in [0.3, 0.4) is 0 Å². The van der Waals surface area contributed by atoms with Gasteiger partial charge in [0, 0.05) is 25.2 Å². The van der Waals surface area contributed by atoms with E-state index in [0.29, 0.717) is 6.54 Å². The zero-order chi connectivity index (χ0) is 11.7. The number of nitrogens with two attached hydrogens (primary N) is 1. The molecular weight excluding hydrogens is 204 g/mol. The number of nitrogens with zero attached hydrogens (tertiary/aromatic N) is 1. The number of fused-ring (bicyclic) bond motifs is 1. The van der Waals surface area contributed by atoms with Gasteiger partial charge in [0.2, 0.25) is 0 Å². The monoisotopic (exact) mass is 220 g/mol. The maximum absolute atomic E-state index is 5.73. The molecule has 0 unspecified atom stereocenters. The third kappa shape index (κ3) is 1.42. The van der Waals surface area contributed by atoms with Crippen LogP contribution >= 0.6 is 0 Å². The lowest BCUT2D eigenvalue weighted by atomic mass is 10.1. The Bertz CT molecular complexity index is 517. The average Bonchev–Trinajstić information content (AvgIpc) is 2.66. The Balaban J connectivity index is 2.86. The number of ether oxygens (including phenoxy) is 2. The molecule has 1 aromatic carbocycles. The van der Waals surface area contributed by atoms with E-state index in [0.717, 1.165) is 28.0 Å². The zero-order valence-corrected chi connectivity index (χ0v) is 9.78. The molecule has 0 radical (unpaired) electrons. The van der Waals surface area contributed by atoms with Crippen molar-refractivity contribution < 1.29 is 9.47 Å². The first-order valence-electron chi connectivity index (χ1n) is 5.11. The Morgan fingerprint density at radius 2 is 1.81 bits per heavy atom. The van der Waals surface area contributed by atoms with Crippen molar-refractivity contribution in [1.82, 2.24) is 4.57 Å². The second-order valence-corrected chi connectivity index (χ2v) is 3.66. The van der Waals surface area contributed by atoms with Gasteiger partial charge >= 0.3 is 0 Å². The third-order valence-electron chi connectivity index (χ3n) is 2.79. The first-order chi connectivity index (χ1) is 7.72. The molecule has 0 saturated heterocycles. The van der Waals surface area contributed by atoms with Crippen molar-refractivity contribution in [2.24, 2.45) is 12.8 Å². The smallest absolute Gasteiger partial charge is 0.143 e. The van der Waals surface area contributed by atoms with Gasteiger partial charge in [-0.1, -0.05) is 0 Å². The molecule has 0 fully saturated rings. The van der Waals surface area contributed by atoms with E-state index < -0.39 is 0 Å². The number of hydrogen-bond acceptors (Lipinski definition) is 3. The average molecular weight is 220 g/mol. The summed E-state index contributed by atoms with van der Waals surface area (Å²) in [6.07, 6.45) is 2.01. The Hall–Kier alpha value is -1.68. The van der Waals surface area contributed by atoms with Crippen molar-refractivity contribution >= 4 is 10.9 Å². The fourth-order valence-corrected chi connectivity index (χ4v) is 2.07. The number of benzene rings is 1. The highest BCUT2D eigenvalue weighted by Gasteiger charge is 2.14. The first kappa shape index (κ1) is 10.8. The van der Waals surface area contributed by atoms with Crippen molar-refractivity contribution in [3.63, 3.8) is 0 Å². The highest BCUT2D eigenvalue weighted by molar-refractivity contribution is 5.94. The van der Waals surface area contributed by atoms with Gasteiger partial charge in [0.1, 0.15) is 11.5 Å². The van der Waals surface area contributed by atoms with Gasteiger partial charge in [-0.05, 0) is 17.7 Å². The molecule has 2 N–H and O–H groups in total. The van der Waals surface area contributed by atoms with E-state index in [4.69, 9.17) is 15.2 Å². The maximum atomic E-state index is 5.73. The first-order valence-corrected chi connectivity index (χ1v) is 5.11. The normalized spacial score (nSPS) is 10.8. The summed E-state index contributed by atoms with van der Waals surface area (Å²) in [5.41, 5.74) is 7.81. The SMILES string of the molecule is COc1ccc(OC)c2c1c(CN)cn2C. The standard InChI is InChI=1S/C12H16N2O2/c1-14-7-8(6-13)11-9(15-2)4-5-10(16-3)12(11)14/h4-5,7H,6,13H2,1-3H3. The molecule has 2 aromatic rings. The molecule has 0 aliphatic carbocycles. The Labute approximate surface area is 94.6 Å². The molecule has 0 amide bonds. The molecule has 86 valence electrons. The second-order valence-electron chi connectivity index (χ2n) is 3.66. The molecule has 4 heteroatoms. The van der Waals surface area contributed by atoms with Crippen LogP contribution in [0, 0.1) is 0 Å². The van der Waals surface area contributed by atoms with Crippen LogP contribution in [0.5, 0.6) is 11.5 Å². The molecule has 2 rings (SSSR count). The molecule has 1 heterocycles. The molecular formula is C12H16N2O2. The second kappa shape index (κ2) is 4.06. The summed E-state index contributed by atoms with van der Waals surface area (Å²) in [6, 6.07) is 3.81. The van der Waals surface area contributed by atoms with Gasteiger partial charge in [0.05, 0.1) is 19.7 Å².